The highest BCUT2D eigenvalue weighted by molar-refractivity contribution is 7.35. The Kier molecular flexibility index (Phi) is 14.2. The minimum absolute atomic E-state index is 0.0530. The fraction of sp³-hybridized carbons (Fsp3) is 0.267. The summed E-state index contributed by atoms with van der Waals surface area (Å²) >= 11 is 21.6. The molecular formula is C60H40Cl2F4N8O2S5. The van der Waals surface area contributed by atoms with Crippen molar-refractivity contribution >= 4 is 187 Å². The molecule has 0 bridgehead atoms. The zero-order valence-corrected chi connectivity index (χ0v) is 49.0. The second kappa shape index (κ2) is 21.1. The van der Waals surface area contributed by atoms with E-state index in [9.17, 15) is 48.2 Å². The van der Waals surface area contributed by atoms with Gasteiger partial charge < -0.3 is 9.13 Å². The molecule has 2 aliphatic rings. The third kappa shape index (κ3) is 8.25. The zero-order chi connectivity index (χ0) is 57.0. The van der Waals surface area contributed by atoms with Gasteiger partial charge >= 0.3 is 0 Å². The molecule has 0 N–H and O–H groups in total. The highest BCUT2D eigenvalue weighted by Crippen LogP contribution is 2.57. The Balaban J connectivity index is 1.16. The molecule has 0 spiro atoms. The number of nitriles is 4. The number of nitrogens with zero attached hydrogens (tertiary/aromatic N) is 8. The number of carbonyl (C=O) groups is 2. The molecule has 3 aromatic carbocycles. The third-order valence-electron chi connectivity index (χ3n) is 15.8. The van der Waals surface area contributed by atoms with E-state index in [1.165, 1.54) is 57.5 Å². The van der Waals surface area contributed by atoms with Crippen molar-refractivity contribution < 1.29 is 27.2 Å². The van der Waals surface area contributed by atoms with Crippen molar-refractivity contribution in [3.8, 4) is 24.3 Å². The normalized spacial score (nSPS) is 15.2. The minimum atomic E-state index is -1.24. The Morgan fingerprint density at radius 1 is 0.556 bits per heavy atom. The fourth-order valence-corrected chi connectivity index (χ4v) is 18.5. The van der Waals surface area contributed by atoms with Gasteiger partial charge in [-0.1, -0.05) is 89.4 Å². The lowest BCUT2D eigenvalue weighted by Crippen LogP contribution is -2.13. The van der Waals surface area contributed by atoms with Crippen molar-refractivity contribution in [3.05, 3.63) is 112 Å². The van der Waals surface area contributed by atoms with Crippen molar-refractivity contribution in [1.82, 2.24) is 17.9 Å². The molecule has 0 fully saturated rings. The molecule has 10 nitrogen and oxygen atoms in total. The van der Waals surface area contributed by atoms with Crippen LogP contribution in [0.1, 0.15) is 121 Å². The van der Waals surface area contributed by atoms with Crippen LogP contribution >= 0.6 is 80.3 Å². The monoisotopic (exact) mass is 1210 g/mol. The maximum Gasteiger partial charge on any atom is 0.194 e. The second-order valence-corrected chi connectivity index (χ2v) is 25.7. The van der Waals surface area contributed by atoms with Crippen LogP contribution in [0.4, 0.5) is 17.6 Å². The number of fused-ring (bicyclic) bond motifs is 16. The van der Waals surface area contributed by atoms with Gasteiger partial charge in [-0.15, -0.1) is 45.3 Å². The number of ketones is 2. The maximum absolute atomic E-state index is 14.8. The average molecular weight is 1210 g/mol. The van der Waals surface area contributed by atoms with Crippen LogP contribution in [-0.4, -0.2) is 29.4 Å². The summed E-state index contributed by atoms with van der Waals surface area (Å²) in [5.41, 5.74) is 3.54. The summed E-state index contributed by atoms with van der Waals surface area (Å²) in [6, 6.07) is 10.6. The molecule has 12 rings (SSSR count). The van der Waals surface area contributed by atoms with E-state index in [1.54, 1.807) is 0 Å². The van der Waals surface area contributed by atoms with Crippen LogP contribution in [0.3, 0.4) is 0 Å². The number of carbonyl (C=O) groups excluding carboxylic acids is 2. The molecule has 10 aromatic rings. The molecule has 0 saturated heterocycles. The lowest BCUT2D eigenvalue weighted by molar-refractivity contribution is 0.103. The summed E-state index contributed by atoms with van der Waals surface area (Å²) in [5.74, 6) is -5.80. The van der Waals surface area contributed by atoms with Gasteiger partial charge in [0, 0.05) is 67.0 Å². The molecular weight excluding hydrogens is 1170 g/mol. The zero-order valence-electron chi connectivity index (χ0n) is 43.4. The SMILES string of the molecule is CCCCC(CC)Cn1c2c3sc(/C=C4\C(=O)c5cc(F)c(F)cc5C4=C(C#N)C#N)c(Cl)c3sc2c2c3nsnc3c3c4sc5c(Cl)c(/C=C6\C(=O)c7cc(F)c(F)cc7C6=C(C#N)C#N)sc5c4n(CC(CC)CCCC)c3c21. The number of Topliss-reactive ketones (excluding diaryl/α,β-unsaturated/α-hetero) is 2. The molecule has 2 unspecified atom stereocenters. The summed E-state index contributed by atoms with van der Waals surface area (Å²) in [7, 11) is 0. The Hall–Kier alpha value is -7.04. The van der Waals surface area contributed by atoms with E-state index in [4.69, 9.17) is 31.9 Å². The van der Waals surface area contributed by atoms with Crippen molar-refractivity contribution in [2.45, 2.75) is 92.2 Å². The first-order valence-electron chi connectivity index (χ1n) is 26.2. The Morgan fingerprint density at radius 3 is 1.27 bits per heavy atom. The van der Waals surface area contributed by atoms with Crippen molar-refractivity contribution in [2.24, 2.45) is 11.8 Å². The van der Waals surface area contributed by atoms with E-state index in [-0.39, 0.29) is 56.4 Å². The van der Waals surface area contributed by atoms with Crippen LogP contribution in [0.25, 0.3) is 95.4 Å². The van der Waals surface area contributed by atoms with E-state index < -0.39 is 46.0 Å². The number of aromatic nitrogens is 4. The van der Waals surface area contributed by atoms with Crippen LogP contribution in [0.15, 0.2) is 46.6 Å². The van der Waals surface area contributed by atoms with Crippen molar-refractivity contribution in [3.63, 3.8) is 0 Å². The number of allylic oxidation sites excluding steroid dienone is 6. The van der Waals surface area contributed by atoms with Crippen LogP contribution < -0.4 is 0 Å². The predicted molar refractivity (Wildman–Crippen MR) is 320 cm³/mol. The molecule has 0 saturated carbocycles. The van der Waals surface area contributed by atoms with Gasteiger partial charge in [0.05, 0.1) is 72.0 Å². The van der Waals surface area contributed by atoms with E-state index in [2.05, 4.69) is 36.8 Å². The molecule has 2 aliphatic carbocycles. The van der Waals surface area contributed by atoms with E-state index in [0.29, 0.717) is 43.9 Å². The Bertz CT molecular complexity index is 4470. The molecule has 21 heteroatoms. The van der Waals surface area contributed by atoms with E-state index >= 15 is 0 Å². The fourth-order valence-electron chi connectivity index (χ4n) is 11.8. The standard InChI is InChI=1S/C60H40Cl2F4N8O2S5/c1-5-9-11-25(7-3)23-73-49-43(55-51(73)59-57(79-55)45(61)39(77-59)17-33-41(27(19-67)20-68)29-13-35(63)37(65)15-31(29)53(33)75)47-48(72-81-71-47)44-50(49)74(24-26(8-4)12-10-6-2)52-56(44)80-58-46(62)40(78-60(52)58)18-34-42(28(21-69)22-70)30-14-36(64)38(66)16-32(30)54(34)76/h13-18,25-26H,5-12,23-24H2,1-4H3/b33-17-,34-18-. The molecule has 0 aliphatic heterocycles. The number of unbranched alkanes of at least 4 members (excludes halogenated alkanes) is 2. The Morgan fingerprint density at radius 2 is 0.926 bits per heavy atom. The predicted octanol–water partition coefficient (Wildman–Crippen LogP) is 18.9. The summed E-state index contributed by atoms with van der Waals surface area (Å²) in [6.07, 6.45) is 10.8. The topological polar surface area (TPSA) is 165 Å². The number of rotatable bonds is 14. The molecule has 2 atom stereocenters. The quantitative estimate of drug-likeness (QED) is 0.0589. The van der Waals surface area contributed by atoms with Gasteiger partial charge in [-0.25, -0.2) is 17.6 Å². The molecule has 0 amide bonds. The largest absolute Gasteiger partial charge is 0.337 e. The van der Waals surface area contributed by atoms with Crippen LogP contribution in [-0.2, 0) is 13.1 Å². The molecule has 404 valence electrons. The highest BCUT2D eigenvalue weighted by atomic mass is 35.5. The average Bonchev–Trinajstić information content (AvgIpc) is 1.88. The van der Waals surface area contributed by atoms with Gasteiger partial charge in [-0.3, -0.25) is 9.59 Å². The summed E-state index contributed by atoms with van der Waals surface area (Å²) in [4.78, 5) is 29.2. The second-order valence-electron chi connectivity index (χ2n) is 20.2. The van der Waals surface area contributed by atoms with Gasteiger partial charge in [0.25, 0.3) is 0 Å². The van der Waals surface area contributed by atoms with E-state index in [1.807, 2.05) is 24.3 Å². The summed E-state index contributed by atoms with van der Waals surface area (Å²) < 4.78 is 79.0. The highest BCUT2D eigenvalue weighted by Gasteiger charge is 2.38. The summed E-state index contributed by atoms with van der Waals surface area (Å²) in [5, 5.41) is 42.8. The molecule has 7 heterocycles. The van der Waals surface area contributed by atoms with Gasteiger partial charge in [-0.2, -0.15) is 29.8 Å². The maximum atomic E-state index is 14.8. The van der Waals surface area contributed by atoms with Gasteiger partial charge in [0.15, 0.2) is 34.8 Å². The minimum Gasteiger partial charge on any atom is -0.337 e. The number of thiophene rings is 4. The molecule has 0 radical (unpaired) electrons. The first-order valence-corrected chi connectivity index (χ1v) is 30.9. The van der Waals surface area contributed by atoms with Crippen LogP contribution in [0.5, 0.6) is 0 Å². The number of benzene rings is 3. The third-order valence-corrected chi connectivity index (χ3v) is 22.5. The van der Waals surface area contributed by atoms with Crippen molar-refractivity contribution in [1.29, 1.82) is 21.0 Å². The lowest BCUT2D eigenvalue weighted by atomic mass is 9.99. The van der Waals surface area contributed by atoms with E-state index in [0.717, 1.165) is 148 Å². The van der Waals surface area contributed by atoms with Crippen LogP contribution in [0.2, 0.25) is 10.0 Å². The molecule has 81 heavy (non-hydrogen) atoms. The van der Waals surface area contributed by atoms with Gasteiger partial charge in [0.2, 0.25) is 0 Å². The molecule has 7 aromatic heterocycles. The lowest BCUT2D eigenvalue weighted by Gasteiger charge is -2.20. The van der Waals surface area contributed by atoms with Gasteiger partial charge in [0.1, 0.15) is 46.5 Å². The van der Waals surface area contributed by atoms with Crippen LogP contribution in [0, 0.1) is 80.4 Å². The summed E-state index contributed by atoms with van der Waals surface area (Å²) in [6.45, 7) is 9.99. The first kappa shape index (κ1) is 54.5. The van der Waals surface area contributed by atoms with Gasteiger partial charge in [-0.05, 0) is 72.2 Å². The number of hydrogen-bond acceptors (Lipinski definition) is 13. The smallest absolute Gasteiger partial charge is 0.194 e. The Labute approximate surface area is 489 Å². The number of halogens is 6. The number of hydrogen-bond donors (Lipinski definition) is 0. The first-order chi connectivity index (χ1) is 39.2. The van der Waals surface area contributed by atoms with Crippen molar-refractivity contribution in [2.75, 3.05) is 0 Å².